The van der Waals surface area contributed by atoms with Gasteiger partial charge < -0.3 is 9.47 Å². The molecule has 0 atom stereocenters. The van der Waals surface area contributed by atoms with E-state index in [1.165, 1.54) is 25.0 Å². The molecule has 0 aliphatic carbocycles. The highest BCUT2D eigenvalue weighted by Crippen LogP contribution is 2.23. The van der Waals surface area contributed by atoms with Crippen molar-refractivity contribution in [3.05, 3.63) is 70.4 Å². The average Bonchev–Trinajstić information content (AvgIpc) is 3.22. The van der Waals surface area contributed by atoms with Gasteiger partial charge in [-0.1, -0.05) is 12.1 Å². The van der Waals surface area contributed by atoms with Crippen LogP contribution in [0.1, 0.15) is 16.2 Å². The molecule has 0 fully saturated rings. The van der Waals surface area contributed by atoms with Crippen LogP contribution in [0, 0.1) is 0 Å². The van der Waals surface area contributed by atoms with E-state index in [2.05, 4.69) is 25.5 Å². The van der Waals surface area contributed by atoms with Crippen LogP contribution in [-0.4, -0.2) is 44.9 Å². The number of carbonyl (C=O) groups excluding carboxylic acids is 1. The highest BCUT2D eigenvalue weighted by Gasteiger charge is 2.14. The van der Waals surface area contributed by atoms with Crippen LogP contribution in [-0.2, 0) is 6.54 Å². The second-order valence-electron chi connectivity index (χ2n) is 6.33. The molecule has 4 rings (SSSR count). The topological polar surface area (TPSA) is 124 Å². The Kier molecular flexibility index (Phi) is 5.12. The number of nitrogens with one attached hydrogen (secondary N) is 2. The Balaban J connectivity index is 1.55. The molecular formula is C20H18N6O4. The van der Waals surface area contributed by atoms with Crippen LogP contribution in [0.25, 0.3) is 11.0 Å². The number of methoxy groups -OCH3 is 2. The monoisotopic (exact) mass is 406 g/mol. The van der Waals surface area contributed by atoms with Crippen LogP contribution in [0.15, 0.2) is 53.5 Å². The molecule has 152 valence electrons. The molecule has 1 amide bonds. The Labute approximate surface area is 170 Å². The van der Waals surface area contributed by atoms with Crippen molar-refractivity contribution in [1.29, 1.82) is 0 Å². The van der Waals surface area contributed by atoms with Gasteiger partial charge in [0.05, 0.1) is 38.0 Å². The predicted octanol–water partition coefficient (Wildman–Crippen LogP) is 1.83. The first-order chi connectivity index (χ1) is 14.6. The van der Waals surface area contributed by atoms with Crippen molar-refractivity contribution in [3.8, 4) is 11.5 Å². The molecule has 0 unspecified atom stereocenters. The molecule has 30 heavy (non-hydrogen) atoms. The van der Waals surface area contributed by atoms with Gasteiger partial charge in [-0.3, -0.25) is 24.6 Å². The number of para-hydroxylation sites is 2. The lowest BCUT2D eigenvalue weighted by Gasteiger charge is -2.08. The number of rotatable bonds is 6. The number of aromatic nitrogens is 5. The molecule has 0 aliphatic heterocycles. The van der Waals surface area contributed by atoms with E-state index in [0.29, 0.717) is 33.9 Å². The molecule has 2 aromatic heterocycles. The van der Waals surface area contributed by atoms with Gasteiger partial charge >= 0.3 is 0 Å². The van der Waals surface area contributed by atoms with Crippen molar-refractivity contribution in [3.63, 3.8) is 0 Å². The molecule has 0 saturated heterocycles. The summed E-state index contributed by atoms with van der Waals surface area (Å²) in [6.07, 6.45) is 1.26. The lowest BCUT2D eigenvalue weighted by Crippen LogP contribution is -2.21. The number of carbonyl (C=O) groups is 1. The largest absolute Gasteiger partial charge is 0.497 e. The molecule has 0 saturated carbocycles. The fraction of sp³-hybridized carbons (Fsp3) is 0.150. The lowest BCUT2D eigenvalue weighted by atomic mass is 10.2. The van der Waals surface area contributed by atoms with Crippen molar-refractivity contribution in [2.24, 2.45) is 0 Å². The first kappa shape index (κ1) is 19.1. The number of hydrogen-bond acceptors (Lipinski definition) is 7. The molecular weight excluding hydrogens is 388 g/mol. The summed E-state index contributed by atoms with van der Waals surface area (Å²) in [6.45, 7) is 0.151. The van der Waals surface area contributed by atoms with E-state index in [9.17, 15) is 9.59 Å². The zero-order valence-electron chi connectivity index (χ0n) is 16.2. The maximum absolute atomic E-state index is 12.6. The van der Waals surface area contributed by atoms with Crippen molar-refractivity contribution >= 4 is 22.9 Å². The van der Waals surface area contributed by atoms with Gasteiger partial charge in [-0.05, 0) is 24.3 Å². The van der Waals surface area contributed by atoms with E-state index in [0.717, 1.165) is 0 Å². The molecule has 0 bridgehead atoms. The molecule has 0 radical (unpaired) electrons. The second-order valence-corrected chi connectivity index (χ2v) is 6.33. The number of aromatic amines is 1. The Hall–Kier alpha value is -4.21. The maximum atomic E-state index is 12.6. The van der Waals surface area contributed by atoms with Crippen LogP contribution in [0.2, 0.25) is 0 Å². The quantitative estimate of drug-likeness (QED) is 0.501. The molecule has 0 aliphatic rings. The number of amides is 1. The highest BCUT2D eigenvalue weighted by atomic mass is 16.5. The smallest absolute Gasteiger partial charge is 0.269 e. The normalized spacial score (nSPS) is 10.7. The molecule has 0 spiro atoms. The molecule has 2 N–H and O–H groups in total. The van der Waals surface area contributed by atoms with Crippen LogP contribution in [0.4, 0.5) is 5.95 Å². The fourth-order valence-corrected chi connectivity index (χ4v) is 2.96. The van der Waals surface area contributed by atoms with Crippen molar-refractivity contribution in [2.45, 2.75) is 6.54 Å². The lowest BCUT2D eigenvalue weighted by molar-refractivity contribution is 0.102. The van der Waals surface area contributed by atoms with Gasteiger partial charge in [-0.25, -0.2) is 4.98 Å². The SMILES string of the molecule is COc1cc(OC)cc(C(=O)Nc2n[nH]c(Cn3c(=O)cnc4ccccc43)n2)c1. The maximum Gasteiger partial charge on any atom is 0.269 e. The Morgan fingerprint density at radius 2 is 1.87 bits per heavy atom. The van der Waals surface area contributed by atoms with E-state index in [1.807, 2.05) is 18.2 Å². The van der Waals surface area contributed by atoms with Gasteiger partial charge in [0.2, 0.25) is 5.95 Å². The van der Waals surface area contributed by atoms with E-state index in [4.69, 9.17) is 9.47 Å². The summed E-state index contributed by atoms with van der Waals surface area (Å²) in [5.41, 5.74) is 1.43. The zero-order valence-corrected chi connectivity index (χ0v) is 16.2. The number of hydrogen-bond donors (Lipinski definition) is 2. The summed E-state index contributed by atoms with van der Waals surface area (Å²) in [7, 11) is 3.01. The number of nitrogens with zero attached hydrogens (tertiary/aromatic N) is 4. The van der Waals surface area contributed by atoms with Crippen LogP contribution >= 0.6 is 0 Å². The number of H-pyrrole nitrogens is 1. The summed E-state index contributed by atoms with van der Waals surface area (Å²) in [5, 5.41) is 9.37. The van der Waals surface area contributed by atoms with Gasteiger partial charge in [0.1, 0.15) is 17.3 Å². The van der Waals surface area contributed by atoms with Crippen LogP contribution < -0.4 is 20.3 Å². The van der Waals surface area contributed by atoms with Crippen molar-refractivity contribution in [1.82, 2.24) is 24.7 Å². The number of benzene rings is 2. The molecule has 2 aromatic carbocycles. The first-order valence-corrected chi connectivity index (χ1v) is 8.97. The average molecular weight is 406 g/mol. The minimum Gasteiger partial charge on any atom is -0.497 e. The zero-order chi connectivity index (χ0) is 21.1. The summed E-state index contributed by atoms with van der Waals surface area (Å²) in [4.78, 5) is 33.2. The number of ether oxygens (including phenoxy) is 2. The van der Waals surface area contributed by atoms with Crippen molar-refractivity contribution in [2.75, 3.05) is 19.5 Å². The van der Waals surface area contributed by atoms with E-state index in [1.54, 1.807) is 24.3 Å². The Morgan fingerprint density at radius 3 is 2.60 bits per heavy atom. The second kappa shape index (κ2) is 8.03. The number of anilines is 1. The fourth-order valence-electron chi connectivity index (χ4n) is 2.96. The summed E-state index contributed by atoms with van der Waals surface area (Å²) >= 11 is 0. The van der Waals surface area contributed by atoms with E-state index in [-0.39, 0.29) is 18.1 Å². The molecule has 2 heterocycles. The molecule has 10 nitrogen and oxygen atoms in total. The molecule has 10 heteroatoms. The highest BCUT2D eigenvalue weighted by molar-refractivity contribution is 6.03. The van der Waals surface area contributed by atoms with Crippen LogP contribution in [0.5, 0.6) is 11.5 Å². The van der Waals surface area contributed by atoms with Gasteiger partial charge in [0.15, 0.2) is 0 Å². The Bertz CT molecular complexity index is 1260. The van der Waals surface area contributed by atoms with E-state index >= 15 is 0 Å². The standard InChI is InChI=1S/C20H18N6O4/c1-29-13-7-12(8-14(9-13)30-2)19(28)23-20-22-17(24-25-20)11-26-16-6-4-3-5-15(16)21-10-18(26)27/h3-10H,11H2,1-2H3,(H2,22,23,24,25,28). The minimum atomic E-state index is -0.427. The van der Waals surface area contributed by atoms with Gasteiger partial charge in [-0.15, -0.1) is 5.10 Å². The predicted molar refractivity (Wildman–Crippen MR) is 109 cm³/mol. The summed E-state index contributed by atoms with van der Waals surface area (Å²) in [5.74, 6) is 1.04. The third kappa shape index (κ3) is 3.83. The van der Waals surface area contributed by atoms with E-state index < -0.39 is 5.91 Å². The van der Waals surface area contributed by atoms with Crippen LogP contribution in [0.3, 0.4) is 0 Å². The summed E-state index contributed by atoms with van der Waals surface area (Å²) in [6, 6.07) is 12.1. The third-order valence-corrected chi connectivity index (χ3v) is 4.43. The van der Waals surface area contributed by atoms with Gasteiger partial charge in [0.25, 0.3) is 11.5 Å². The van der Waals surface area contributed by atoms with Crippen molar-refractivity contribution < 1.29 is 14.3 Å². The van der Waals surface area contributed by atoms with Gasteiger partial charge in [0, 0.05) is 11.6 Å². The first-order valence-electron chi connectivity index (χ1n) is 8.97. The van der Waals surface area contributed by atoms with Gasteiger partial charge in [-0.2, -0.15) is 4.98 Å². The summed E-state index contributed by atoms with van der Waals surface area (Å²) < 4.78 is 11.9. The third-order valence-electron chi connectivity index (χ3n) is 4.43. The Morgan fingerprint density at radius 1 is 1.13 bits per heavy atom. The number of fused-ring (bicyclic) bond motifs is 1. The minimum absolute atomic E-state index is 0.0863. The molecule has 4 aromatic rings.